The summed E-state index contributed by atoms with van der Waals surface area (Å²) in [6.07, 6.45) is 1.51. The van der Waals surface area contributed by atoms with Crippen LogP contribution in [-0.4, -0.2) is 19.1 Å². The molecule has 3 rings (SSSR count). The van der Waals surface area contributed by atoms with Crippen LogP contribution >= 0.6 is 0 Å². The molecule has 1 aliphatic heterocycles. The maximum atomic E-state index is 12.2. The molecule has 0 spiro atoms. The molecule has 0 aliphatic carbocycles. The van der Waals surface area contributed by atoms with Gasteiger partial charge in [0.25, 0.3) is 5.91 Å². The van der Waals surface area contributed by atoms with Gasteiger partial charge in [0.2, 0.25) is 0 Å². The van der Waals surface area contributed by atoms with Crippen LogP contribution in [0.5, 0.6) is 11.5 Å². The van der Waals surface area contributed by atoms with Crippen molar-refractivity contribution in [3.05, 3.63) is 47.4 Å². The molecular weight excluding hydrogens is 270 g/mol. The molecular formula is C16H17NO4. The van der Waals surface area contributed by atoms with E-state index in [1.807, 2.05) is 25.1 Å². The van der Waals surface area contributed by atoms with Crippen LogP contribution < -0.4 is 14.8 Å². The number of furan rings is 1. The molecule has 5 nitrogen and oxygen atoms in total. The molecule has 2 heterocycles. The average molecular weight is 287 g/mol. The number of amides is 1. The van der Waals surface area contributed by atoms with Crippen LogP contribution in [0.2, 0.25) is 0 Å². The Morgan fingerprint density at radius 3 is 2.67 bits per heavy atom. The molecule has 0 unspecified atom stereocenters. The van der Waals surface area contributed by atoms with Gasteiger partial charge >= 0.3 is 0 Å². The quantitative estimate of drug-likeness (QED) is 0.943. The number of aryl methyl sites for hydroxylation is 1. The molecule has 21 heavy (non-hydrogen) atoms. The van der Waals surface area contributed by atoms with Crippen molar-refractivity contribution in [2.75, 3.05) is 13.2 Å². The monoisotopic (exact) mass is 287 g/mol. The lowest BCUT2D eigenvalue weighted by atomic mass is 10.1. The van der Waals surface area contributed by atoms with E-state index in [4.69, 9.17) is 13.9 Å². The fourth-order valence-electron chi connectivity index (χ4n) is 2.31. The molecule has 1 aromatic carbocycles. The molecule has 1 aromatic heterocycles. The largest absolute Gasteiger partial charge is 0.486 e. The van der Waals surface area contributed by atoms with Gasteiger partial charge in [-0.15, -0.1) is 0 Å². The van der Waals surface area contributed by atoms with Crippen molar-refractivity contribution in [3.63, 3.8) is 0 Å². The molecule has 110 valence electrons. The summed E-state index contributed by atoms with van der Waals surface area (Å²) in [5, 5.41) is 2.95. The molecule has 1 aliphatic rings. The van der Waals surface area contributed by atoms with Crippen molar-refractivity contribution in [3.8, 4) is 11.5 Å². The van der Waals surface area contributed by atoms with E-state index in [0.29, 0.717) is 24.5 Å². The SMILES string of the molecule is Cc1occc1C(=O)N[C@@H](C)c1ccc2c(c1)OCCO2. The molecule has 1 N–H and O–H groups in total. The lowest BCUT2D eigenvalue weighted by Gasteiger charge is -2.21. The summed E-state index contributed by atoms with van der Waals surface area (Å²) < 4.78 is 16.2. The highest BCUT2D eigenvalue weighted by Crippen LogP contribution is 2.32. The van der Waals surface area contributed by atoms with Crippen molar-refractivity contribution in [1.29, 1.82) is 0 Å². The fraction of sp³-hybridized carbons (Fsp3) is 0.312. The van der Waals surface area contributed by atoms with Crippen molar-refractivity contribution < 1.29 is 18.7 Å². The highest BCUT2D eigenvalue weighted by Gasteiger charge is 2.18. The van der Waals surface area contributed by atoms with Crippen LogP contribution in [0.25, 0.3) is 0 Å². The number of rotatable bonds is 3. The molecule has 0 radical (unpaired) electrons. The maximum Gasteiger partial charge on any atom is 0.255 e. The number of carbonyl (C=O) groups is 1. The molecule has 2 aromatic rings. The third-order valence-electron chi connectivity index (χ3n) is 3.52. The minimum absolute atomic E-state index is 0.136. The summed E-state index contributed by atoms with van der Waals surface area (Å²) in [6, 6.07) is 7.24. The zero-order valence-electron chi connectivity index (χ0n) is 12.0. The van der Waals surface area contributed by atoms with Gasteiger partial charge in [0.05, 0.1) is 17.9 Å². The number of nitrogens with one attached hydrogen (secondary N) is 1. The fourth-order valence-corrected chi connectivity index (χ4v) is 2.31. The molecule has 0 saturated carbocycles. The smallest absolute Gasteiger partial charge is 0.255 e. The average Bonchev–Trinajstić information content (AvgIpc) is 2.93. The number of hydrogen-bond acceptors (Lipinski definition) is 4. The first-order chi connectivity index (χ1) is 10.1. The van der Waals surface area contributed by atoms with E-state index in [2.05, 4.69) is 5.32 Å². The Kier molecular flexibility index (Phi) is 3.56. The third kappa shape index (κ3) is 2.72. The van der Waals surface area contributed by atoms with Crippen LogP contribution in [0.15, 0.2) is 34.9 Å². The summed E-state index contributed by atoms with van der Waals surface area (Å²) in [5.74, 6) is 1.93. The topological polar surface area (TPSA) is 60.7 Å². The van der Waals surface area contributed by atoms with Gasteiger partial charge in [0, 0.05) is 0 Å². The van der Waals surface area contributed by atoms with Crippen molar-refractivity contribution >= 4 is 5.91 Å². The van der Waals surface area contributed by atoms with E-state index in [1.54, 1.807) is 13.0 Å². The van der Waals surface area contributed by atoms with Crippen molar-refractivity contribution in [2.24, 2.45) is 0 Å². The molecule has 0 fully saturated rings. The Balaban J connectivity index is 1.75. The lowest BCUT2D eigenvalue weighted by molar-refractivity contribution is 0.0938. The van der Waals surface area contributed by atoms with Gasteiger partial charge in [-0.3, -0.25) is 4.79 Å². The number of benzene rings is 1. The van der Waals surface area contributed by atoms with Crippen LogP contribution in [0, 0.1) is 6.92 Å². The first kappa shape index (κ1) is 13.5. The standard InChI is InChI=1S/C16H17NO4/c1-10(17-16(18)13-5-6-19-11(13)2)12-3-4-14-15(9-12)21-8-7-20-14/h3-6,9-10H,7-8H2,1-2H3,(H,17,18)/t10-/m0/s1. The third-order valence-corrected chi connectivity index (χ3v) is 3.52. The van der Waals surface area contributed by atoms with Crippen LogP contribution in [0.3, 0.4) is 0 Å². The zero-order chi connectivity index (χ0) is 14.8. The lowest BCUT2D eigenvalue weighted by Crippen LogP contribution is -2.27. The molecule has 1 amide bonds. The Labute approximate surface area is 122 Å². The van der Waals surface area contributed by atoms with E-state index in [9.17, 15) is 4.79 Å². The Morgan fingerprint density at radius 2 is 1.95 bits per heavy atom. The van der Waals surface area contributed by atoms with Crippen LogP contribution in [0.4, 0.5) is 0 Å². The second-order valence-electron chi connectivity index (χ2n) is 4.99. The minimum Gasteiger partial charge on any atom is -0.486 e. The number of hydrogen-bond donors (Lipinski definition) is 1. The Hall–Kier alpha value is -2.43. The Bertz CT molecular complexity index is 662. The van der Waals surface area contributed by atoms with E-state index < -0.39 is 0 Å². The van der Waals surface area contributed by atoms with E-state index >= 15 is 0 Å². The van der Waals surface area contributed by atoms with Gasteiger partial charge < -0.3 is 19.2 Å². The summed E-state index contributed by atoms with van der Waals surface area (Å²) in [7, 11) is 0. The summed E-state index contributed by atoms with van der Waals surface area (Å²) in [5.41, 5.74) is 1.52. The maximum absolute atomic E-state index is 12.2. The predicted molar refractivity (Wildman–Crippen MR) is 76.8 cm³/mol. The molecule has 5 heteroatoms. The first-order valence-corrected chi connectivity index (χ1v) is 6.89. The van der Waals surface area contributed by atoms with Crippen LogP contribution in [0.1, 0.15) is 34.6 Å². The first-order valence-electron chi connectivity index (χ1n) is 6.89. The zero-order valence-corrected chi connectivity index (χ0v) is 12.0. The van der Waals surface area contributed by atoms with E-state index in [1.165, 1.54) is 6.26 Å². The van der Waals surface area contributed by atoms with Gasteiger partial charge in [0.1, 0.15) is 19.0 Å². The number of fused-ring (bicyclic) bond motifs is 1. The Morgan fingerprint density at radius 1 is 1.19 bits per heavy atom. The summed E-state index contributed by atoms with van der Waals surface area (Å²) in [6.45, 7) is 4.81. The van der Waals surface area contributed by atoms with Gasteiger partial charge in [-0.05, 0) is 37.6 Å². The minimum atomic E-state index is -0.149. The highest BCUT2D eigenvalue weighted by molar-refractivity contribution is 5.95. The summed E-state index contributed by atoms with van der Waals surface area (Å²) in [4.78, 5) is 12.2. The van der Waals surface area contributed by atoms with Gasteiger partial charge in [-0.2, -0.15) is 0 Å². The van der Waals surface area contributed by atoms with Crippen molar-refractivity contribution in [1.82, 2.24) is 5.32 Å². The second-order valence-corrected chi connectivity index (χ2v) is 4.99. The molecule has 0 saturated heterocycles. The molecule has 1 atom stereocenters. The van der Waals surface area contributed by atoms with Crippen molar-refractivity contribution in [2.45, 2.75) is 19.9 Å². The summed E-state index contributed by atoms with van der Waals surface area (Å²) >= 11 is 0. The van der Waals surface area contributed by atoms with Gasteiger partial charge in [-0.1, -0.05) is 6.07 Å². The number of carbonyl (C=O) groups excluding carboxylic acids is 1. The number of ether oxygens (including phenoxy) is 2. The van der Waals surface area contributed by atoms with Gasteiger partial charge in [-0.25, -0.2) is 0 Å². The van der Waals surface area contributed by atoms with E-state index in [0.717, 1.165) is 17.1 Å². The second kappa shape index (κ2) is 5.52. The van der Waals surface area contributed by atoms with E-state index in [-0.39, 0.29) is 11.9 Å². The van der Waals surface area contributed by atoms with Crippen LogP contribution in [-0.2, 0) is 0 Å². The van der Waals surface area contributed by atoms with Gasteiger partial charge in [0.15, 0.2) is 11.5 Å². The molecule has 0 bridgehead atoms. The normalized spacial score (nSPS) is 14.6. The highest BCUT2D eigenvalue weighted by atomic mass is 16.6. The predicted octanol–water partition coefficient (Wildman–Crippen LogP) is 2.85.